The van der Waals surface area contributed by atoms with Crippen LogP contribution >= 0.6 is 11.8 Å². The summed E-state index contributed by atoms with van der Waals surface area (Å²) in [5, 5.41) is -0.0267. The number of hydrogen-bond donors (Lipinski definition) is 0. The molecular formula is C12H14O2S. The van der Waals surface area contributed by atoms with Crippen molar-refractivity contribution in [1.82, 2.24) is 0 Å². The van der Waals surface area contributed by atoms with Crippen molar-refractivity contribution in [2.45, 2.75) is 30.5 Å². The molecule has 1 aromatic rings. The van der Waals surface area contributed by atoms with Gasteiger partial charge in [-0.3, -0.25) is 4.79 Å². The van der Waals surface area contributed by atoms with Gasteiger partial charge in [0.25, 0.3) is 0 Å². The van der Waals surface area contributed by atoms with Gasteiger partial charge in [0.1, 0.15) is 5.25 Å². The van der Waals surface area contributed by atoms with Crippen LogP contribution in [0.3, 0.4) is 0 Å². The Bertz CT molecular complexity index is 350. The molecule has 2 rings (SSSR count). The van der Waals surface area contributed by atoms with Crippen LogP contribution in [0.4, 0.5) is 0 Å². The second kappa shape index (κ2) is 4.27. The molecule has 1 aromatic carbocycles. The Labute approximate surface area is 94.0 Å². The average Bonchev–Trinajstić information content (AvgIpc) is 2.59. The third-order valence-electron chi connectivity index (χ3n) is 2.64. The molecule has 3 atom stereocenters. The van der Waals surface area contributed by atoms with Crippen LogP contribution in [-0.4, -0.2) is 16.7 Å². The van der Waals surface area contributed by atoms with Crippen molar-refractivity contribution >= 4 is 17.7 Å². The molecule has 0 amide bonds. The summed E-state index contributed by atoms with van der Waals surface area (Å²) in [5.74, 6) is 0.165. The van der Waals surface area contributed by atoms with Crippen molar-refractivity contribution in [3.63, 3.8) is 0 Å². The average molecular weight is 222 g/mol. The Morgan fingerprint density at radius 3 is 2.53 bits per heavy atom. The zero-order chi connectivity index (χ0) is 10.8. The van der Waals surface area contributed by atoms with E-state index in [-0.39, 0.29) is 22.6 Å². The second-order valence-electron chi connectivity index (χ2n) is 3.78. The number of thioether (sulfide) groups is 1. The van der Waals surface area contributed by atoms with Gasteiger partial charge in [-0.15, -0.1) is 11.8 Å². The molecule has 3 heteroatoms. The van der Waals surface area contributed by atoms with Gasteiger partial charge in [-0.25, -0.2) is 0 Å². The normalized spacial score (nSPS) is 27.5. The van der Waals surface area contributed by atoms with Crippen molar-refractivity contribution in [2.24, 2.45) is 0 Å². The number of cyclic esters (lactones) is 1. The minimum Gasteiger partial charge on any atom is -0.450 e. The van der Waals surface area contributed by atoms with Crippen LogP contribution < -0.4 is 0 Å². The minimum absolute atomic E-state index is 0.0267. The molecule has 15 heavy (non-hydrogen) atoms. The zero-order valence-corrected chi connectivity index (χ0v) is 9.66. The SMILES string of the molecule is CC1SC(C(C)c2ccccc2)OC1=O. The summed E-state index contributed by atoms with van der Waals surface area (Å²) in [6, 6.07) is 10.2. The summed E-state index contributed by atoms with van der Waals surface area (Å²) in [4.78, 5) is 11.3. The van der Waals surface area contributed by atoms with Gasteiger partial charge in [0.05, 0.1) is 0 Å². The molecule has 2 nitrogen and oxygen atoms in total. The minimum atomic E-state index is -0.0900. The maximum absolute atomic E-state index is 11.3. The number of ether oxygens (including phenoxy) is 1. The molecule has 0 radical (unpaired) electrons. The van der Waals surface area contributed by atoms with Crippen LogP contribution in [0.1, 0.15) is 25.3 Å². The first-order chi connectivity index (χ1) is 7.18. The summed E-state index contributed by atoms with van der Waals surface area (Å²) in [7, 11) is 0. The smallest absolute Gasteiger partial charge is 0.320 e. The van der Waals surface area contributed by atoms with Crippen LogP contribution in [0.25, 0.3) is 0 Å². The predicted molar refractivity (Wildman–Crippen MR) is 61.8 cm³/mol. The van der Waals surface area contributed by atoms with E-state index in [0.29, 0.717) is 0 Å². The Balaban J connectivity index is 2.10. The lowest BCUT2D eigenvalue weighted by Gasteiger charge is -2.17. The molecule has 0 N–H and O–H groups in total. The molecule has 1 aliphatic rings. The number of carbonyl (C=O) groups is 1. The third kappa shape index (κ3) is 2.17. The van der Waals surface area contributed by atoms with E-state index in [4.69, 9.17) is 4.74 Å². The summed E-state index contributed by atoms with van der Waals surface area (Å²) in [6.45, 7) is 3.99. The standard InChI is InChI=1S/C12H14O2S/c1-8(10-6-4-3-5-7-10)12-14-11(13)9(2)15-12/h3-9,12H,1-2H3. The monoisotopic (exact) mass is 222 g/mol. The van der Waals surface area contributed by atoms with Crippen molar-refractivity contribution in [3.8, 4) is 0 Å². The van der Waals surface area contributed by atoms with E-state index in [9.17, 15) is 4.79 Å². The van der Waals surface area contributed by atoms with E-state index in [2.05, 4.69) is 19.1 Å². The van der Waals surface area contributed by atoms with Crippen LogP contribution in [0, 0.1) is 0 Å². The van der Waals surface area contributed by atoms with Gasteiger partial charge in [-0.2, -0.15) is 0 Å². The molecule has 0 spiro atoms. The fourth-order valence-electron chi connectivity index (χ4n) is 1.63. The number of benzene rings is 1. The molecule has 0 bridgehead atoms. The van der Waals surface area contributed by atoms with Gasteiger partial charge in [-0.05, 0) is 12.5 Å². The first-order valence-electron chi connectivity index (χ1n) is 5.09. The topological polar surface area (TPSA) is 26.3 Å². The Morgan fingerprint density at radius 2 is 2.00 bits per heavy atom. The van der Waals surface area contributed by atoms with E-state index in [1.807, 2.05) is 25.1 Å². The van der Waals surface area contributed by atoms with Crippen molar-refractivity contribution in [3.05, 3.63) is 35.9 Å². The van der Waals surface area contributed by atoms with Gasteiger partial charge in [0.15, 0.2) is 5.44 Å². The Hall–Kier alpha value is -0.960. The molecule has 1 fully saturated rings. The molecule has 3 unspecified atom stereocenters. The first kappa shape index (κ1) is 10.6. The van der Waals surface area contributed by atoms with E-state index in [1.54, 1.807) is 11.8 Å². The van der Waals surface area contributed by atoms with Gasteiger partial charge < -0.3 is 4.74 Å². The van der Waals surface area contributed by atoms with Crippen molar-refractivity contribution in [1.29, 1.82) is 0 Å². The lowest BCUT2D eigenvalue weighted by molar-refractivity contribution is -0.142. The highest BCUT2D eigenvalue weighted by Crippen LogP contribution is 2.37. The number of rotatable bonds is 2. The van der Waals surface area contributed by atoms with E-state index < -0.39 is 0 Å². The molecule has 1 saturated heterocycles. The molecule has 0 aromatic heterocycles. The molecule has 1 heterocycles. The van der Waals surface area contributed by atoms with Gasteiger partial charge >= 0.3 is 5.97 Å². The predicted octanol–water partition coefficient (Wildman–Crippen LogP) is 2.79. The fourth-order valence-corrected chi connectivity index (χ4v) is 2.74. The van der Waals surface area contributed by atoms with Gasteiger partial charge in [-0.1, -0.05) is 37.3 Å². The van der Waals surface area contributed by atoms with E-state index in [0.717, 1.165) is 0 Å². The highest BCUT2D eigenvalue weighted by atomic mass is 32.2. The van der Waals surface area contributed by atoms with Crippen LogP contribution in [0.2, 0.25) is 0 Å². The third-order valence-corrected chi connectivity index (χ3v) is 4.01. The Kier molecular flexibility index (Phi) is 3.00. The lowest BCUT2D eigenvalue weighted by Crippen LogP contribution is -2.13. The Morgan fingerprint density at radius 1 is 1.33 bits per heavy atom. The first-order valence-corrected chi connectivity index (χ1v) is 6.03. The summed E-state index contributed by atoms with van der Waals surface area (Å²) >= 11 is 1.60. The molecule has 0 saturated carbocycles. The zero-order valence-electron chi connectivity index (χ0n) is 8.84. The lowest BCUT2D eigenvalue weighted by atomic mass is 10.0. The van der Waals surface area contributed by atoms with Gasteiger partial charge in [0.2, 0.25) is 0 Å². The van der Waals surface area contributed by atoms with E-state index >= 15 is 0 Å². The molecule has 0 aliphatic carbocycles. The quantitative estimate of drug-likeness (QED) is 0.720. The largest absolute Gasteiger partial charge is 0.450 e. The number of esters is 1. The molecule has 1 aliphatic heterocycles. The fraction of sp³-hybridized carbons (Fsp3) is 0.417. The number of hydrogen-bond acceptors (Lipinski definition) is 3. The van der Waals surface area contributed by atoms with Crippen molar-refractivity contribution < 1.29 is 9.53 Å². The second-order valence-corrected chi connectivity index (χ2v) is 5.23. The van der Waals surface area contributed by atoms with E-state index in [1.165, 1.54) is 5.56 Å². The maximum atomic E-state index is 11.3. The van der Waals surface area contributed by atoms with Crippen LogP contribution in [0.5, 0.6) is 0 Å². The molecule has 80 valence electrons. The highest BCUT2D eigenvalue weighted by Gasteiger charge is 2.35. The molecular weight excluding hydrogens is 208 g/mol. The summed E-state index contributed by atoms with van der Waals surface area (Å²) in [6.07, 6.45) is 0. The van der Waals surface area contributed by atoms with Gasteiger partial charge in [0, 0.05) is 5.92 Å². The van der Waals surface area contributed by atoms with Crippen LogP contribution in [0.15, 0.2) is 30.3 Å². The van der Waals surface area contributed by atoms with Crippen LogP contribution in [-0.2, 0) is 9.53 Å². The maximum Gasteiger partial charge on any atom is 0.320 e. The summed E-state index contributed by atoms with van der Waals surface area (Å²) in [5.41, 5.74) is 1.19. The van der Waals surface area contributed by atoms with Crippen molar-refractivity contribution in [2.75, 3.05) is 0 Å². The highest BCUT2D eigenvalue weighted by molar-refractivity contribution is 8.01. The number of carbonyl (C=O) groups excluding carboxylic acids is 1. The summed E-state index contributed by atoms with van der Waals surface area (Å²) < 4.78 is 5.31.